The second kappa shape index (κ2) is 3.05. The Kier molecular flexibility index (Phi) is 1.89. The van der Waals surface area contributed by atoms with Crippen molar-refractivity contribution < 1.29 is 4.74 Å². The van der Waals surface area contributed by atoms with E-state index in [-0.39, 0.29) is 0 Å². The average Bonchev–Trinajstić information content (AvgIpc) is 2.17. The lowest BCUT2D eigenvalue weighted by Crippen LogP contribution is -1.85. The van der Waals surface area contributed by atoms with Gasteiger partial charge in [-0.15, -0.1) is 0 Å². The zero-order chi connectivity index (χ0) is 9.26. The van der Waals surface area contributed by atoms with Gasteiger partial charge in [-0.1, -0.05) is 6.07 Å². The van der Waals surface area contributed by atoms with Gasteiger partial charge in [0.05, 0.1) is 12.6 Å². The quantitative estimate of drug-likeness (QED) is 0.659. The van der Waals surface area contributed by atoms with E-state index < -0.39 is 0 Å². The Morgan fingerprint density at radius 1 is 1.23 bits per heavy atom. The summed E-state index contributed by atoms with van der Waals surface area (Å²) in [5, 5.41) is 1.08. The number of rotatable bonds is 1. The molecule has 0 unspecified atom stereocenters. The first-order chi connectivity index (χ1) is 6.29. The lowest BCUT2D eigenvalue weighted by molar-refractivity contribution is 0.415. The van der Waals surface area contributed by atoms with E-state index in [1.807, 2.05) is 30.3 Å². The minimum absolute atomic E-state index is 0.790. The normalized spacial score (nSPS) is 10.3. The van der Waals surface area contributed by atoms with E-state index in [1.54, 1.807) is 7.11 Å². The Balaban J connectivity index is 2.66. The second-order valence-electron chi connectivity index (χ2n) is 2.86. The van der Waals surface area contributed by atoms with E-state index in [9.17, 15) is 0 Å². The molecule has 0 bridgehead atoms. The van der Waals surface area contributed by atoms with Crippen LogP contribution in [0.3, 0.4) is 0 Å². The molecule has 13 heavy (non-hydrogen) atoms. The fraction of sp³-hybridized carbons (Fsp3) is 0.0909. The summed E-state index contributed by atoms with van der Waals surface area (Å²) in [7, 11) is 1.66. The average molecular weight is 172 g/mol. The van der Waals surface area contributed by atoms with Gasteiger partial charge in [-0.3, -0.25) is 4.98 Å². The van der Waals surface area contributed by atoms with Gasteiger partial charge in [0.1, 0.15) is 5.75 Å². The molecule has 1 aromatic carbocycles. The number of pyridine rings is 1. The molecule has 1 heterocycles. The first kappa shape index (κ1) is 8.05. The Hall–Kier alpha value is -1.57. The topological polar surface area (TPSA) is 22.1 Å². The summed E-state index contributed by atoms with van der Waals surface area (Å²) in [4.78, 5) is 4.28. The molecule has 0 aliphatic rings. The Morgan fingerprint density at radius 2 is 2.08 bits per heavy atom. The maximum atomic E-state index is 5.11. The van der Waals surface area contributed by atoms with Crippen LogP contribution < -0.4 is 4.74 Å². The van der Waals surface area contributed by atoms with Crippen molar-refractivity contribution in [2.45, 2.75) is 0 Å². The van der Waals surface area contributed by atoms with Crippen LogP contribution in [0.5, 0.6) is 5.75 Å². The van der Waals surface area contributed by atoms with Gasteiger partial charge >= 0.3 is 0 Å². The predicted octanol–water partition coefficient (Wildman–Crippen LogP) is 2.43. The molecule has 2 nitrogen and oxygen atoms in total. The molecule has 0 atom stereocenters. The van der Waals surface area contributed by atoms with Crippen LogP contribution in [0.15, 0.2) is 30.3 Å². The van der Waals surface area contributed by atoms with Crippen molar-refractivity contribution in [2.24, 2.45) is 0 Å². The Morgan fingerprint density at radius 3 is 2.85 bits per heavy atom. The molecule has 0 saturated heterocycles. The molecular formula is C11H10NO. The molecular weight excluding hydrogens is 162 g/mol. The Labute approximate surface area is 77.2 Å². The van der Waals surface area contributed by atoms with Crippen molar-refractivity contribution in [2.75, 3.05) is 7.11 Å². The van der Waals surface area contributed by atoms with E-state index in [0.29, 0.717) is 0 Å². The van der Waals surface area contributed by atoms with Gasteiger partial charge in [0.25, 0.3) is 0 Å². The van der Waals surface area contributed by atoms with Crippen molar-refractivity contribution in [3.8, 4) is 5.75 Å². The molecule has 2 heteroatoms. The molecule has 65 valence electrons. The fourth-order valence-electron chi connectivity index (χ4n) is 1.27. The van der Waals surface area contributed by atoms with Crippen LogP contribution in [0, 0.1) is 6.92 Å². The molecule has 2 rings (SSSR count). The summed E-state index contributed by atoms with van der Waals surface area (Å²) in [5.41, 5.74) is 1.74. The molecule has 0 N–H and O–H groups in total. The van der Waals surface area contributed by atoms with Crippen LogP contribution in [-0.2, 0) is 0 Å². The third-order valence-corrected chi connectivity index (χ3v) is 1.95. The van der Waals surface area contributed by atoms with Gasteiger partial charge in [-0.2, -0.15) is 0 Å². The van der Waals surface area contributed by atoms with Crippen LogP contribution in [0.25, 0.3) is 10.9 Å². The van der Waals surface area contributed by atoms with Gasteiger partial charge in [-0.05, 0) is 31.2 Å². The summed E-state index contributed by atoms with van der Waals surface area (Å²) in [6, 6.07) is 9.67. The van der Waals surface area contributed by atoms with Crippen LogP contribution in [0.2, 0.25) is 0 Å². The summed E-state index contributed by atoms with van der Waals surface area (Å²) in [6.45, 7) is 3.77. The maximum absolute atomic E-state index is 5.11. The minimum Gasteiger partial charge on any atom is -0.497 e. The largest absolute Gasteiger partial charge is 0.497 e. The highest BCUT2D eigenvalue weighted by Crippen LogP contribution is 2.18. The number of hydrogen-bond acceptors (Lipinski definition) is 2. The van der Waals surface area contributed by atoms with Crippen LogP contribution in [0.4, 0.5) is 0 Å². The monoisotopic (exact) mass is 172 g/mol. The lowest BCUT2D eigenvalue weighted by atomic mass is 10.2. The van der Waals surface area contributed by atoms with E-state index >= 15 is 0 Å². The summed E-state index contributed by atoms with van der Waals surface area (Å²) >= 11 is 0. The van der Waals surface area contributed by atoms with Crippen molar-refractivity contribution in [1.82, 2.24) is 4.98 Å². The first-order valence-corrected chi connectivity index (χ1v) is 4.06. The highest BCUT2D eigenvalue weighted by atomic mass is 16.5. The minimum atomic E-state index is 0.790. The SMILES string of the molecule is [CH2]c1ccc2cc(OC)ccc2n1. The van der Waals surface area contributed by atoms with Gasteiger partial charge in [-0.25, -0.2) is 0 Å². The van der Waals surface area contributed by atoms with Gasteiger partial charge < -0.3 is 4.74 Å². The number of aromatic nitrogens is 1. The van der Waals surface area contributed by atoms with Crippen LogP contribution in [0.1, 0.15) is 5.69 Å². The Bertz CT molecular complexity index is 437. The highest BCUT2D eigenvalue weighted by molar-refractivity contribution is 5.80. The first-order valence-electron chi connectivity index (χ1n) is 4.06. The van der Waals surface area contributed by atoms with E-state index in [4.69, 9.17) is 4.74 Å². The zero-order valence-electron chi connectivity index (χ0n) is 7.45. The maximum Gasteiger partial charge on any atom is 0.119 e. The molecule has 0 fully saturated rings. The number of hydrogen-bond donors (Lipinski definition) is 0. The van der Waals surface area contributed by atoms with Crippen molar-refractivity contribution in [3.63, 3.8) is 0 Å². The van der Waals surface area contributed by atoms with Crippen molar-refractivity contribution in [1.29, 1.82) is 0 Å². The lowest BCUT2D eigenvalue weighted by Gasteiger charge is -2.01. The number of ether oxygens (including phenoxy) is 1. The van der Waals surface area contributed by atoms with Crippen LogP contribution >= 0.6 is 0 Å². The predicted molar refractivity (Wildman–Crippen MR) is 52.8 cm³/mol. The molecule has 0 aliphatic heterocycles. The van der Waals surface area contributed by atoms with Crippen molar-refractivity contribution in [3.05, 3.63) is 42.9 Å². The number of benzene rings is 1. The standard InChI is InChI=1S/C11H10NO/c1-8-3-4-9-7-10(13-2)5-6-11(9)12-8/h3-7H,1H2,2H3. The zero-order valence-corrected chi connectivity index (χ0v) is 7.45. The van der Waals surface area contributed by atoms with Crippen molar-refractivity contribution >= 4 is 10.9 Å². The van der Waals surface area contributed by atoms with Gasteiger partial charge in [0, 0.05) is 11.1 Å². The molecule has 0 amide bonds. The smallest absolute Gasteiger partial charge is 0.119 e. The number of nitrogens with zero attached hydrogens (tertiary/aromatic N) is 1. The van der Waals surface area contributed by atoms with Crippen LogP contribution in [-0.4, -0.2) is 12.1 Å². The fourth-order valence-corrected chi connectivity index (χ4v) is 1.27. The highest BCUT2D eigenvalue weighted by Gasteiger charge is 1.96. The molecule has 2 aromatic rings. The summed E-state index contributed by atoms with van der Waals surface area (Å²) in [6.07, 6.45) is 0. The number of fused-ring (bicyclic) bond motifs is 1. The summed E-state index contributed by atoms with van der Waals surface area (Å²) in [5.74, 6) is 0.853. The third-order valence-electron chi connectivity index (χ3n) is 1.95. The van der Waals surface area contributed by atoms with E-state index in [1.165, 1.54) is 0 Å². The molecule has 1 aromatic heterocycles. The molecule has 0 aliphatic carbocycles. The third kappa shape index (κ3) is 1.47. The van der Waals surface area contributed by atoms with Gasteiger partial charge in [0.15, 0.2) is 0 Å². The number of methoxy groups -OCH3 is 1. The van der Waals surface area contributed by atoms with E-state index in [2.05, 4.69) is 11.9 Å². The molecule has 0 spiro atoms. The second-order valence-corrected chi connectivity index (χ2v) is 2.86. The molecule has 0 saturated carbocycles. The summed E-state index contributed by atoms with van der Waals surface area (Å²) < 4.78 is 5.11. The van der Waals surface area contributed by atoms with E-state index in [0.717, 1.165) is 22.3 Å². The van der Waals surface area contributed by atoms with Gasteiger partial charge in [0.2, 0.25) is 0 Å². The molecule has 1 radical (unpaired) electrons.